The first-order valence-corrected chi connectivity index (χ1v) is 8.06. The second-order valence-electron chi connectivity index (χ2n) is 4.67. The SMILES string of the molecule is CSc1ccc(Cl)cc1C(=O)C(C)N1CCNCC1. The van der Waals surface area contributed by atoms with E-state index in [0.29, 0.717) is 5.02 Å². The molecule has 1 aromatic rings. The molecule has 1 fully saturated rings. The number of halogens is 1. The Balaban J connectivity index is 2.20. The number of thioether (sulfide) groups is 1. The molecule has 0 aromatic heterocycles. The molecule has 1 N–H and O–H groups in total. The topological polar surface area (TPSA) is 32.3 Å². The lowest BCUT2D eigenvalue weighted by atomic mass is 10.0. The Kier molecular flexibility index (Phi) is 5.28. The molecule has 1 saturated heterocycles. The first kappa shape index (κ1) is 14.9. The van der Waals surface area contributed by atoms with E-state index in [0.717, 1.165) is 36.6 Å². The number of hydrogen-bond donors (Lipinski definition) is 1. The maximum atomic E-state index is 12.6. The van der Waals surface area contributed by atoms with Gasteiger partial charge in [0.05, 0.1) is 6.04 Å². The molecule has 1 aliphatic rings. The van der Waals surface area contributed by atoms with Crippen molar-refractivity contribution in [3.05, 3.63) is 28.8 Å². The van der Waals surface area contributed by atoms with Crippen LogP contribution in [0, 0.1) is 0 Å². The van der Waals surface area contributed by atoms with Gasteiger partial charge in [0.2, 0.25) is 0 Å². The third kappa shape index (κ3) is 3.51. The van der Waals surface area contributed by atoms with E-state index in [2.05, 4.69) is 10.2 Å². The van der Waals surface area contributed by atoms with E-state index in [4.69, 9.17) is 11.6 Å². The fourth-order valence-corrected chi connectivity index (χ4v) is 3.09. The number of carbonyl (C=O) groups excluding carboxylic acids is 1. The van der Waals surface area contributed by atoms with Gasteiger partial charge in [-0.25, -0.2) is 0 Å². The minimum absolute atomic E-state index is 0.0912. The van der Waals surface area contributed by atoms with Crippen LogP contribution in [0.2, 0.25) is 5.02 Å². The molecule has 0 spiro atoms. The van der Waals surface area contributed by atoms with Crippen LogP contribution in [0.15, 0.2) is 23.1 Å². The number of benzene rings is 1. The molecule has 1 atom stereocenters. The summed E-state index contributed by atoms with van der Waals surface area (Å²) in [7, 11) is 0. The maximum absolute atomic E-state index is 12.6. The smallest absolute Gasteiger partial charge is 0.180 e. The lowest BCUT2D eigenvalue weighted by Gasteiger charge is -2.32. The molecule has 0 amide bonds. The number of nitrogens with zero attached hydrogens (tertiary/aromatic N) is 1. The molecule has 1 heterocycles. The van der Waals surface area contributed by atoms with Crippen LogP contribution in [-0.4, -0.2) is 49.2 Å². The van der Waals surface area contributed by atoms with Crippen LogP contribution in [0.3, 0.4) is 0 Å². The van der Waals surface area contributed by atoms with E-state index in [-0.39, 0.29) is 11.8 Å². The highest BCUT2D eigenvalue weighted by Gasteiger charge is 2.25. The quantitative estimate of drug-likeness (QED) is 0.684. The van der Waals surface area contributed by atoms with Crippen LogP contribution in [0.4, 0.5) is 0 Å². The maximum Gasteiger partial charge on any atom is 0.180 e. The predicted octanol–water partition coefficient (Wildman–Crippen LogP) is 2.54. The number of nitrogens with one attached hydrogen (secondary N) is 1. The van der Waals surface area contributed by atoms with Crippen molar-refractivity contribution in [2.24, 2.45) is 0 Å². The summed E-state index contributed by atoms with van der Waals surface area (Å²) in [6, 6.07) is 5.45. The van der Waals surface area contributed by atoms with Gasteiger partial charge < -0.3 is 5.32 Å². The molecule has 5 heteroatoms. The Bertz CT molecular complexity index is 461. The van der Waals surface area contributed by atoms with Gasteiger partial charge in [-0.2, -0.15) is 0 Å². The average Bonchev–Trinajstić information content (AvgIpc) is 2.46. The van der Waals surface area contributed by atoms with Gasteiger partial charge in [0.1, 0.15) is 0 Å². The van der Waals surface area contributed by atoms with Crippen molar-refractivity contribution in [3.63, 3.8) is 0 Å². The molecule has 2 rings (SSSR count). The van der Waals surface area contributed by atoms with Gasteiger partial charge in [0.15, 0.2) is 5.78 Å². The number of carbonyl (C=O) groups is 1. The second kappa shape index (κ2) is 6.75. The molecular weight excluding hydrogens is 280 g/mol. The number of rotatable bonds is 4. The van der Waals surface area contributed by atoms with Crippen molar-refractivity contribution in [1.29, 1.82) is 0 Å². The van der Waals surface area contributed by atoms with Crippen LogP contribution in [0.1, 0.15) is 17.3 Å². The van der Waals surface area contributed by atoms with Gasteiger partial charge in [-0.1, -0.05) is 11.6 Å². The molecule has 1 aromatic carbocycles. The van der Waals surface area contributed by atoms with E-state index >= 15 is 0 Å². The molecule has 1 aliphatic heterocycles. The summed E-state index contributed by atoms with van der Waals surface area (Å²) in [4.78, 5) is 15.9. The van der Waals surface area contributed by atoms with Crippen molar-refractivity contribution < 1.29 is 4.79 Å². The fourth-order valence-electron chi connectivity index (χ4n) is 2.33. The lowest BCUT2D eigenvalue weighted by Crippen LogP contribution is -2.50. The summed E-state index contributed by atoms with van der Waals surface area (Å²) >= 11 is 7.61. The Morgan fingerprint density at radius 3 is 2.74 bits per heavy atom. The monoisotopic (exact) mass is 298 g/mol. The van der Waals surface area contributed by atoms with Gasteiger partial charge in [-0.05, 0) is 31.4 Å². The van der Waals surface area contributed by atoms with Gasteiger partial charge in [0.25, 0.3) is 0 Å². The summed E-state index contributed by atoms with van der Waals surface area (Å²) < 4.78 is 0. The van der Waals surface area contributed by atoms with E-state index in [1.54, 1.807) is 17.8 Å². The summed E-state index contributed by atoms with van der Waals surface area (Å²) in [6.07, 6.45) is 1.98. The Morgan fingerprint density at radius 2 is 2.11 bits per heavy atom. The second-order valence-corrected chi connectivity index (χ2v) is 5.96. The van der Waals surface area contributed by atoms with Crippen molar-refractivity contribution in [2.45, 2.75) is 17.9 Å². The van der Waals surface area contributed by atoms with Crippen molar-refractivity contribution in [2.75, 3.05) is 32.4 Å². The largest absolute Gasteiger partial charge is 0.314 e. The molecule has 104 valence electrons. The Labute approximate surface area is 123 Å². The number of Topliss-reactive ketones (excluding diaryl/α,β-unsaturated/α-hetero) is 1. The summed E-state index contributed by atoms with van der Waals surface area (Å²) in [5, 5.41) is 3.92. The highest BCUT2D eigenvalue weighted by Crippen LogP contribution is 2.26. The third-order valence-electron chi connectivity index (χ3n) is 3.51. The molecule has 0 bridgehead atoms. The molecule has 0 saturated carbocycles. The van der Waals surface area contributed by atoms with Gasteiger partial charge >= 0.3 is 0 Å². The first-order chi connectivity index (χ1) is 9.13. The van der Waals surface area contributed by atoms with Crippen LogP contribution < -0.4 is 5.32 Å². The molecule has 3 nitrogen and oxygen atoms in total. The standard InChI is InChI=1S/C14H19ClN2OS/c1-10(17-7-5-16-6-8-17)14(18)12-9-11(15)3-4-13(12)19-2/h3-4,9-10,16H,5-8H2,1-2H3. The number of piperazine rings is 1. The highest BCUT2D eigenvalue weighted by molar-refractivity contribution is 7.98. The molecule has 0 radical (unpaired) electrons. The summed E-state index contributed by atoms with van der Waals surface area (Å²) in [6.45, 7) is 5.72. The minimum atomic E-state index is -0.0912. The fraction of sp³-hybridized carbons (Fsp3) is 0.500. The van der Waals surface area contributed by atoms with E-state index in [1.165, 1.54) is 0 Å². The average molecular weight is 299 g/mol. The van der Waals surface area contributed by atoms with Gasteiger partial charge in [0, 0.05) is 41.7 Å². The van der Waals surface area contributed by atoms with Crippen molar-refractivity contribution in [3.8, 4) is 0 Å². The van der Waals surface area contributed by atoms with Crippen LogP contribution in [0.5, 0.6) is 0 Å². The van der Waals surface area contributed by atoms with Crippen LogP contribution in [-0.2, 0) is 0 Å². The molecule has 0 aliphatic carbocycles. The summed E-state index contributed by atoms with van der Waals surface area (Å²) in [5.74, 6) is 0.161. The van der Waals surface area contributed by atoms with Crippen molar-refractivity contribution in [1.82, 2.24) is 10.2 Å². The highest BCUT2D eigenvalue weighted by atomic mass is 35.5. The zero-order chi connectivity index (χ0) is 13.8. The zero-order valence-corrected chi connectivity index (χ0v) is 12.9. The normalized spacial score (nSPS) is 18.3. The van der Waals surface area contributed by atoms with Crippen LogP contribution in [0.25, 0.3) is 0 Å². The minimum Gasteiger partial charge on any atom is -0.314 e. The lowest BCUT2D eigenvalue weighted by molar-refractivity contribution is 0.0817. The molecule has 1 unspecified atom stereocenters. The Hall–Kier alpha value is -0.550. The zero-order valence-electron chi connectivity index (χ0n) is 11.3. The van der Waals surface area contributed by atoms with Gasteiger partial charge in [-0.15, -0.1) is 11.8 Å². The predicted molar refractivity (Wildman–Crippen MR) is 81.5 cm³/mol. The third-order valence-corrected chi connectivity index (χ3v) is 4.54. The van der Waals surface area contributed by atoms with E-state index in [1.807, 2.05) is 25.3 Å². The van der Waals surface area contributed by atoms with Crippen molar-refractivity contribution >= 4 is 29.1 Å². The van der Waals surface area contributed by atoms with E-state index in [9.17, 15) is 4.79 Å². The van der Waals surface area contributed by atoms with Crippen LogP contribution >= 0.6 is 23.4 Å². The number of hydrogen-bond acceptors (Lipinski definition) is 4. The Morgan fingerprint density at radius 1 is 1.42 bits per heavy atom. The molecule has 19 heavy (non-hydrogen) atoms. The first-order valence-electron chi connectivity index (χ1n) is 6.46. The van der Waals surface area contributed by atoms with Gasteiger partial charge in [-0.3, -0.25) is 9.69 Å². The summed E-state index contributed by atoms with van der Waals surface area (Å²) in [5.41, 5.74) is 0.742. The van der Waals surface area contributed by atoms with E-state index < -0.39 is 0 Å². The number of ketones is 1. The molecular formula is C14H19ClN2OS.